The van der Waals surface area contributed by atoms with Crippen molar-refractivity contribution < 1.29 is 13.9 Å². The number of aryl methyl sites for hydroxylation is 2. The molecule has 0 aliphatic rings. The quantitative estimate of drug-likeness (QED) is 0.890. The lowest BCUT2D eigenvalue weighted by atomic mass is 9.98. The van der Waals surface area contributed by atoms with Crippen LogP contribution in [0.5, 0.6) is 0 Å². The van der Waals surface area contributed by atoms with Crippen LogP contribution in [0.15, 0.2) is 36.4 Å². The first-order chi connectivity index (χ1) is 8.95. The number of hydrogen-bond acceptors (Lipinski definition) is 1. The Hall–Kier alpha value is -1.74. The maximum atomic E-state index is 13.5. The van der Waals surface area contributed by atoms with E-state index in [0.717, 1.165) is 22.8 Å². The molecule has 0 saturated heterocycles. The summed E-state index contributed by atoms with van der Waals surface area (Å²) >= 11 is 0. The van der Waals surface area contributed by atoms with E-state index in [2.05, 4.69) is 0 Å². The fraction of sp³-hybridized carbons (Fsp3) is 0.250. The van der Waals surface area contributed by atoms with E-state index >= 15 is 0 Å². The Bertz CT molecular complexity index is 573. The van der Waals surface area contributed by atoms with Crippen molar-refractivity contribution >= 4 is 0 Å². The molecule has 2 aromatic rings. The van der Waals surface area contributed by atoms with E-state index in [0.29, 0.717) is 5.56 Å². The van der Waals surface area contributed by atoms with Gasteiger partial charge in [-0.3, -0.25) is 0 Å². The molecule has 2 aromatic carbocycles. The molecule has 1 unspecified atom stereocenters. The smallest absolute Gasteiger partial charge is 0.129 e. The van der Waals surface area contributed by atoms with Gasteiger partial charge in [-0.25, -0.2) is 8.78 Å². The van der Waals surface area contributed by atoms with Crippen LogP contribution in [0.2, 0.25) is 0 Å². The fourth-order valence-corrected chi connectivity index (χ4v) is 2.22. The van der Waals surface area contributed by atoms with Gasteiger partial charge in [0.15, 0.2) is 0 Å². The van der Waals surface area contributed by atoms with Crippen molar-refractivity contribution in [1.29, 1.82) is 0 Å². The molecule has 1 nitrogen and oxygen atoms in total. The second kappa shape index (κ2) is 5.49. The summed E-state index contributed by atoms with van der Waals surface area (Å²) in [6.45, 7) is 3.89. The van der Waals surface area contributed by atoms with E-state index in [1.54, 1.807) is 0 Å². The highest BCUT2D eigenvalue weighted by atomic mass is 19.1. The molecule has 100 valence electrons. The molecule has 0 aromatic heterocycles. The summed E-state index contributed by atoms with van der Waals surface area (Å²) in [7, 11) is 0. The van der Waals surface area contributed by atoms with Gasteiger partial charge in [0, 0.05) is 12.5 Å². The molecule has 1 atom stereocenters. The molecular weight excluding hydrogens is 246 g/mol. The predicted octanol–water partition coefficient (Wildman–Crippen LogP) is 3.86. The van der Waals surface area contributed by atoms with Gasteiger partial charge in [-0.1, -0.05) is 35.4 Å². The fourth-order valence-electron chi connectivity index (χ4n) is 2.22. The molecule has 0 aliphatic heterocycles. The highest BCUT2D eigenvalue weighted by Crippen LogP contribution is 2.22. The molecule has 0 saturated carbocycles. The highest BCUT2D eigenvalue weighted by Gasteiger charge is 2.13. The summed E-state index contributed by atoms with van der Waals surface area (Å²) in [6, 6.07) is 9.17. The van der Waals surface area contributed by atoms with Gasteiger partial charge < -0.3 is 5.11 Å². The Morgan fingerprint density at radius 2 is 1.63 bits per heavy atom. The van der Waals surface area contributed by atoms with Crippen LogP contribution in [0.1, 0.15) is 28.4 Å². The molecular formula is C16H16F2O. The van der Waals surface area contributed by atoms with Crippen molar-refractivity contribution in [3.63, 3.8) is 0 Å². The third-order valence-electron chi connectivity index (χ3n) is 3.06. The van der Waals surface area contributed by atoms with Gasteiger partial charge in [0.2, 0.25) is 0 Å². The van der Waals surface area contributed by atoms with E-state index in [9.17, 15) is 13.9 Å². The molecule has 3 heteroatoms. The van der Waals surface area contributed by atoms with Crippen LogP contribution in [-0.4, -0.2) is 5.11 Å². The number of rotatable bonds is 3. The van der Waals surface area contributed by atoms with Crippen LogP contribution in [0.4, 0.5) is 8.78 Å². The summed E-state index contributed by atoms with van der Waals surface area (Å²) in [5.74, 6) is -1.23. The lowest BCUT2D eigenvalue weighted by Crippen LogP contribution is -2.04. The van der Waals surface area contributed by atoms with Crippen LogP contribution in [0.25, 0.3) is 0 Å². The second-order valence-corrected chi connectivity index (χ2v) is 4.88. The summed E-state index contributed by atoms with van der Waals surface area (Å²) in [5.41, 5.74) is 3.16. The zero-order valence-electron chi connectivity index (χ0n) is 11.0. The van der Waals surface area contributed by atoms with Crippen molar-refractivity contribution in [2.45, 2.75) is 26.4 Å². The number of aliphatic hydroxyl groups excluding tert-OH is 1. The molecule has 0 bridgehead atoms. The summed E-state index contributed by atoms with van der Waals surface area (Å²) in [5, 5.41) is 10.2. The van der Waals surface area contributed by atoms with Gasteiger partial charge in [0.25, 0.3) is 0 Å². The standard InChI is InChI=1S/C16H16F2O/c1-10-5-11(2)7-13(6-10)16(19)8-12-3-4-14(17)9-15(12)18/h3-7,9,16,19H,8H2,1-2H3. The molecule has 0 spiro atoms. The Kier molecular flexibility index (Phi) is 3.96. The monoisotopic (exact) mass is 262 g/mol. The third-order valence-corrected chi connectivity index (χ3v) is 3.06. The van der Waals surface area contributed by atoms with E-state index in [4.69, 9.17) is 0 Å². The maximum Gasteiger partial charge on any atom is 0.129 e. The largest absolute Gasteiger partial charge is 0.388 e. The van der Waals surface area contributed by atoms with E-state index < -0.39 is 17.7 Å². The van der Waals surface area contributed by atoms with Crippen molar-refractivity contribution in [2.24, 2.45) is 0 Å². The highest BCUT2D eigenvalue weighted by molar-refractivity contribution is 5.31. The topological polar surface area (TPSA) is 20.2 Å². The summed E-state index contributed by atoms with van der Waals surface area (Å²) in [4.78, 5) is 0. The zero-order chi connectivity index (χ0) is 14.0. The van der Waals surface area contributed by atoms with Crippen molar-refractivity contribution in [3.8, 4) is 0 Å². The first-order valence-electron chi connectivity index (χ1n) is 6.16. The second-order valence-electron chi connectivity index (χ2n) is 4.88. The molecule has 0 fully saturated rings. The Morgan fingerprint density at radius 3 is 2.21 bits per heavy atom. The molecule has 0 heterocycles. The Morgan fingerprint density at radius 1 is 1.00 bits per heavy atom. The van der Waals surface area contributed by atoms with Crippen LogP contribution >= 0.6 is 0 Å². The zero-order valence-corrected chi connectivity index (χ0v) is 11.0. The summed E-state index contributed by atoms with van der Waals surface area (Å²) < 4.78 is 26.3. The van der Waals surface area contributed by atoms with Crippen molar-refractivity contribution in [2.75, 3.05) is 0 Å². The number of hydrogen-bond donors (Lipinski definition) is 1. The van der Waals surface area contributed by atoms with Gasteiger partial charge in [-0.2, -0.15) is 0 Å². The SMILES string of the molecule is Cc1cc(C)cc(C(O)Cc2ccc(F)cc2F)c1. The van der Waals surface area contributed by atoms with E-state index in [1.807, 2.05) is 32.0 Å². The Balaban J connectivity index is 2.22. The normalized spacial score (nSPS) is 12.5. The minimum absolute atomic E-state index is 0.134. The lowest BCUT2D eigenvalue weighted by molar-refractivity contribution is 0.177. The van der Waals surface area contributed by atoms with Gasteiger partial charge in [0.1, 0.15) is 11.6 Å². The van der Waals surface area contributed by atoms with Crippen LogP contribution in [0.3, 0.4) is 0 Å². The minimum Gasteiger partial charge on any atom is -0.388 e. The van der Waals surface area contributed by atoms with E-state index in [-0.39, 0.29) is 6.42 Å². The van der Waals surface area contributed by atoms with E-state index in [1.165, 1.54) is 12.1 Å². The lowest BCUT2D eigenvalue weighted by Gasteiger charge is -2.13. The average molecular weight is 262 g/mol. The van der Waals surface area contributed by atoms with Crippen LogP contribution < -0.4 is 0 Å². The van der Waals surface area contributed by atoms with Crippen LogP contribution in [-0.2, 0) is 6.42 Å². The number of halogens is 2. The van der Waals surface area contributed by atoms with Gasteiger partial charge in [0.05, 0.1) is 6.10 Å². The number of aliphatic hydroxyl groups is 1. The number of benzene rings is 2. The molecule has 0 amide bonds. The maximum absolute atomic E-state index is 13.5. The molecule has 19 heavy (non-hydrogen) atoms. The minimum atomic E-state index is -0.793. The average Bonchev–Trinajstić information content (AvgIpc) is 2.31. The summed E-state index contributed by atoms with van der Waals surface area (Å²) in [6.07, 6.45) is -0.659. The Labute approximate surface area is 111 Å². The predicted molar refractivity (Wildman–Crippen MR) is 70.9 cm³/mol. The first-order valence-corrected chi connectivity index (χ1v) is 6.16. The molecule has 0 radical (unpaired) electrons. The third kappa shape index (κ3) is 3.38. The van der Waals surface area contributed by atoms with Gasteiger partial charge >= 0.3 is 0 Å². The molecule has 1 N–H and O–H groups in total. The molecule has 2 rings (SSSR count). The van der Waals surface area contributed by atoms with Crippen molar-refractivity contribution in [3.05, 3.63) is 70.3 Å². The molecule has 0 aliphatic carbocycles. The van der Waals surface area contributed by atoms with Crippen LogP contribution in [0, 0.1) is 25.5 Å². The van der Waals surface area contributed by atoms with Gasteiger partial charge in [-0.15, -0.1) is 0 Å². The van der Waals surface area contributed by atoms with Gasteiger partial charge in [-0.05, 0) is 31.0 Å². The van der Waals surface area contributed by atoms with Crippen molar-refractivity contribution in [1.82, 2.24) is 0 Å². The first kappa shape index (κ1) is 13.7.